The number of carbonyl (C=O) groups is 1. The Morgan fingerprint density at radius 1 is 1.17 bits per heavy atom. The van der Waals surface area contributed by atoms with Gasteiger partial charge in [0.1, 0.15) is 11.6 Å². The summed E-state index contributed by atoms with van der Waals surface area (Å²) in [4.78, 5) is 12.1. The van der Waals surface area contributed by atoms with Gasteiger partial charge in [-0.15, -0.1) is 5.10 Å². The fourth-order valence-corrected chi connectivity index (χ4v) is 2.45. The van der Waals surface area contributed by atoms with Gasteiger partial charge in [0, 0.05) is 22.8 Å². The standard InChI is InChI=1S/C17H12ClF2N3O/c1-10-7-16(22-23(10)13-4-2-3-11(18)8-13)21-17(24)14-6-5-12(19)9-15(14)20/h2-9H,1H3,(H,21,22,24). The Morgan fingerprint density at radius 3 is 2.67 bits per heavy atom. The summed E-state index contributed by atoms with van der Waals surface area (Å²) in [5.41, 5.74) is 1.23. The summed E-state index contributed by atoms with van der Waals surface area (Å²) in [5, 5.41) is 7.32. The molecule has 0 aliphatic rings. The van der Waals surface area contributed by atoms with Crippen molar-refractivity contribution in [2.24, 2.45) is 0 Å². The minimum Gasteiger partial charge on any atom is -0.305 e. The summed E-state index contributed by atoms with van der Waals surface area (Å²) in [5.74, 6) is -2.13. The minimum absolute atomic E-state index is 0.251. The Balaban J connectivity index is 1.86. The average Bonchev–Trinajstić information content (AvgIpc) is 2.87. The van der Waals surface area contributed by atoms with E-state index in [2.05, 4.69) is 10.4 Å². The van der Waals surface area contributed by atoms with Crippen molar-refractivity contribution in [3.05, 3.63) is 76.4 Å². The van der Waals surface area contributed by atoms with Crippen molar-refractivity contribution in [1.82, 2.24) is 9.78 Å². The number of aromatic nitrogens is 2. The molecule has 0 spiro atoms. The average molecular weight is 348 g/mol. The van der Waals surface area contributed by atoms with E-state index in [1.54, 1.807) is 28.9 Å². The highest BCUT2D eigenvalue weighted by atomic mass is 35.5. The second kappa shape index (κ2) is 6.41. The number of rotatable bonds is 3. The maximum absolute atomic E-state index is 13.7. The van der Waals surface area contributed by atoms with Crippen LogP contribution in [0.2, 0.25) is 5.02 Å². The molecule has 7 heteroatoms. The highest BCUT2D eigenvalue weighted by molar-refractivity contribution is 6.30. The van der Waals surface area contributed by atoms with E-state index in [1.165, 1.54) is 0 Å². The molecule has 1 N–H and O–H groups in total. The first-order chi connectivity index (χ1) is 11.4. The second-order valence-electron chi connectivity index (χ2n) is 5.14. The summed E-state index contributed by atoms with van der Waals surface area (Å²) in [6.45, 7) is 1.81. The van der Waals surface area contributed by atoms with Crippen LogP contribution in [0, 0.1) is 18.6 Å². The molecule has 3 rings (SSSR count). The van der Waals surface area contributed by atoms with Crippen LogP contribution < -0.4 is 5.32 Å². The molecule has 0 fully saturated rings. The van der Waals surface area contributed by atoms with Crippen LogP contribution in [0.25, 0.3) is 5.69 Å². The molecule has 24 heavy (non-hydrogen) atoms. The van der Waals surface area contributed by atoms with Crippen LogP contribution >= 0.6 is 11.6 Å². The zero-order valence-electron chi connectivity index (χ0n) is 12.6. The summed E-state index contributed by atoms with van der Waals surface area (Å²) in [6.07, 6.45) is 0. The van der Waals surface area contributed by atoms with Crippen molar-refractivity contribution >= 4 is 23.3 Å². The number of benzene rings is 2. The molecular formula is C17H12ClF2N3O. The number of halogens is 3. The lowest BCUT2D eigenvalue weighted by atomic mass is 10.2. The highest BCUT2D eigenvalue weighted by Gasteiger charge is 2.15. The van der Waals surface area contributed by atoms with Crippen molar-refractivity contribution in [2.45, 2.75) is 6.92 Å². The Kier molecular flexibility index (Phi) is 4.31. The molecule has 2 aromatic carbocycles. The molecule has 1 heterocycles. The first kappa shape index (κ1) is 16.1. The molecule has 0 aliphatic carbocycles. The molecule has 0 bridgehead atoms. The number of nitrogens with zero attached hydrogens (tertiary/aromatic N) is 2. The minimum atomic E-state index is -0.932. The zero-order valence-corrected chi connectivity index (χ0v) is 13.3. The highest BCUT2D eigenvalue weighted by Crippen LogP contribution is 2.19. The Hall–Kier alpha value is -2.73. The number of nitrogens with one attached hydrogen (secondary N) is 1. The van der Waals surface area contributed by atoms with Crippen LogP contribution in [0.3, 0.4) is 0 Å². The largest absolute Gasteiger partial charge is 0.305 e. The van der Waals surface area contributed by atoms with Crippen molar-refractivity contribution in [3.63, 3.8) is 0 Å². The first-order valence-electron chi connectivity index (χ1n) is 7.03. The molecule has 0 aliphatic heterocycles. The Bertz CT molecular complexity index is 924. The lowest BCUT2D eigenvalue weighted by Crippen LogP contribution is -2.14. The van der Waals surface area contributed by atoms with Crippen molar-refractivity contribution < 1.29 is 13.6 Å². The summed E-state index contributed by atoms with van der Waals surface area (Å²) in [7, 11) is 0. The SMILES string of the molecule is Cc1cc(NC(=O)c2ccc(F)cc2F)nn1-c1cccc(Cl)c1. The zero-order chi connectivity index (χ0) is 17.3. The molecular weight excluding hydrogens is 336 g/mol. The van der Waals surface area contributed by atoms with E-state index >= 15 is 0 Å². The van der Waals surface area contributed by atoms with Gasteiger partial charge >= 0.3 is 0 Å². The number of hydrogen-bond donors (Lipinski definition) is 1. The summed E-state index contributed by atoms with van der Waals surface area (Å²) < 4.78 is 28.2. The monoisotopic (exact) mass is 347 g/mol. The third kappa shape index (κ3) is 3.28. The third-order valence-corrected chi connectivity index (χ3v) is 3.59. The van der Waals surface area contributed by atoms with Gasteiger partial charge in [-0.3, -0.25) is 4.79 Å². The van der Waals surface area contributed by atoms with Crippen molar-refractivity contribution in [1.29, 1.82) is 0 Å². The molecule has 0 radical (unpaired) electrons. The molecule has 1 amide bonds. The Morgan fingerprint density at radius 2 is 1.96 bits per heavy atom. The van der Waals surface area contributed by atoms with E-state index in [9.17, 15) is 13.6 Å². The molecule has 0 saturated carbocycles. The number of carbonyl (C=O) groups excluding carboxylic acids is 1. The molecule has 0 saturated heterocycles. The van der Waals surface area contributed by atoms with Gasteiger partial charge in [-0.2, -0.15) is 0 Å². The lowest BCUT2D eigenvalue weighted by Gasteiger charge is -2.05. The normalized spacial score (nSPS) is 10.7. The fourth-order valence-electron chi connectivity index (χ4n) is 2.26. The summed E-state index contributed by atoms with van der Waals surface area (Å²) in [6, 6.07) is 11.5. The smallest absolute Gasteiger partial charge is 0.259 e. The number of anilines is 1. The molecule has 1 aromatic heterocycles. The van der Waals surface area contributed by atoms with E-state index < -0.39 is 17.5 Å². The predicted molar refractivity (Wildman–Crippen MR) is 87.6 cm³/mol. The van der Waals surface area contributed by atoms with E-state index in [0.717, 1.165) is 23.5 Å². The fraction of sp³-hybridized carbons (Fsp3) is 0.0588. The lowest BCUT2D eigenvalue weighted by molar-refractivity contribution is 0.102. The Labute approximate surface area is 141 Å². The van der Waals surface area contributed by atoms with Crippen LogP contribution in [0.4, 0.5) is 14.6 Å². The topological polar surface area (TPSA) is 46.9 Å². The van der Waals surface area contributed by atoms with Crippen LogP contribution in [0.5, 0.6) is 0 Å². The van der Waals surface area contributed by atoms with Crippen molar-refractivity contribution in [2.75, 3.05) is 5.32 Å². The number of aryl methyl sites for hydroxylation is 1. The maximum atomic E-state index is 13.7. The first-order valence-corrected chi connectivity index (χ1v) is 7.41. The van der Waals surface area contributed by atoms with Gasteiger partial charge in [-0.25, -0.2) is 13.5 Å². The number of amides is 1. The number of hydrogen-bond acceptors (Lipinski definition) is 2. The maximum Gasteiger partial charge on any atom is 0.259 e. The quantitative estimate of drug-likeness (QED) is 0.765. The predicted octanol–water partition coefficient (Wildman–Crippen LogP) is 4.36. The molecule has 122 valence electrons. The van der Waals surface area contributed by atoms with Gasteiger partial charge < -0.3 is 5.32 Å². The molecule has 4 nitrogen and oxygen atoms in total. The van der Waals surface area contributed by atoms with Crippen LogP contribution in [-0.4, -0.2) is 15.7 Å². The van der Waals surface area contributed by atoms with Crippen LogP contribution in [0.1, 0.15) is 16.1 Å². The van der Waals surface area contributed by atoms with Gasteiger partial charge in [-0.05, 0) is 37.3 Å². The van der Waals surface area contributed by atoms with Gasteiger partial charge in [0.05, 0.1) is 11.3 Å². The molecule has 3 aromatic rings. The third-order valence-electron chi connectivity index (χ3n) is 3.36. The van der Waals surface area contributed by atoms with E-state index in [0.29, 0.717) is 11.1 Å². The molecule has 0 unspecified atom stereocenters. The van der Waals surface area contributed by atoms with Crippen molar-refractivity contribution in [3.8, 4) is 5.69 Å². The van der Waals surface area contributed by atoms with E-state index in [-0.39, 0.29) is 11.4 Å². The summed E-state index contributed by atoms with van der Waals surface area (Å²) >= 11 is 5.97. The van der Waals surface area contributed by atoms with Gasteiger partial charge in [-0.1, -0.05) is 17.7 Å². The van der Waals surface area contributed by atoms with Crippen LogP contribution in [-0.2, 0) is 0 Å². The van der Waals surface area contributed by atoms with Gasteiger partial charge in [0.15, 0.2) is 5.82 Å². The molecule has 0 atom stereocenters. The van der Waals surface area contributed by atoms with E-state index in [4.69, 9.17) is 11.6 Å². The van der Waals surface area contributed by atoms with Gasteiger partial charge in [0.25, 0.3) is 5.91 Å². The van der Waals surface area contributed by atoms with Gasteiger partial charge in [0.2, 0.25) is 0 Å². The van der Waals surface area contributed by atoms with Crippen LogP contribution in [0.15, 0.2) is 48.5 Å². The second-order valence-corrected chi connectivity index (χ2v) is 5.58. The van der Waals surface area contributed by atoms with E-state index in [1.807, 2.05) is 13.0 Å².